The van der Waals surface area contributed by atoms with E-state index < -0.39 is 0 Å². The van der Waals surface area contributed by atoms with Crippen molar-refractivity contribution in [2.75, 3.05) is 0 Å². The number of hydrogen-bond acceptors (Lipinski definition) is 0. The van der Waals surface area contributed by atoms with E-state index in [1.165, 1.54) is 5.56 Å². The van der Waals surface area contributed by atoms with Crippen molar-refractivity contribution in [3.05, 3.63) is 31.1 Å². The van der Waals surface area contributed by atoms with Crippen molar-refractivity contribution in [2.24, 2.45) is 0 Å². The van der Waals surface area contributed by atoms with E-state index in [9.17, 15) is 0 Å². The quantitative estimate of drug-likeness (QED) is 0.623. The molecule has 0 spiro atoms. The average Bonchev–Trinajstić information content (AvgIpc) is 1.82. The van der Waals surface area contributed by atoms with Crippen LogP contribution < -0.4 is 0 Å². The summed E-state index contributed by atoms with van der Waals surface area (Å²) < 4.78 is 3.23. The maximum absolute atomic E-state index is 3.42. The van der Waals surface area contributed by atoms with Crippen LogP contribution in [0.1, 0.15) is 5.56 Å². The van der Waals surface area contributed by atoms with Crippen molar-refractivity contribution in [1.82, 2.24) is 0 Å². The average molecular weight is 329 g/mol. The van der Waals surface area contributed by atoms with Crippen molar-refractivity contribution in [3.63, 3.8) is 0 Å². The van der Waals surface area contributed by atoms with Gasteiger partial charge in [0, 0.05) is 13.4 Å². The molecule has 3 heteroatoms. The topological polar surface area (TPSA) is 0 Å². The van der Waals surface area contributed by atoms with Gasteiger partial charge in [0.2, 0.25) is 0 Å². The third kappa shape index (κ3) is 1.83. The fourth-order valence-corrected chi connectivity index (χ4v) is 2.33. The van der Waals surface area contributed by atoms with E-state index in [1.54, 1.807) is 0 Å². The van der Waals surface area contributed by atoms with Gasteiger partial charge in [-0.1, -0.05) is 0 Å². The Morgan fingerprint density at radius 2 is 1.40 bits per heavy atom. The summed E-state index contributed by atoms with van der Waals surface area (Å²) in [6, 6.07) is 4.13. The highest BCUT2D eigenvalue weighted by molar-refractivity contribution is 9.14. The van der Waals surface area contributed by atoms with Gasteiger partial charge in [-0.25, -0.2) is 0 Å². The molecule has 0 aromatic heterocycles. The Balaban J connectivity index is 3.31. The van der Waals surface area contributed by atoms with Crippen LogP contribution in [0.2, 0.25) is 0 Å². The number of aryl methyl sites for hydroxylation is 1. The minimum Gasteiger partial charge on any atom is -0.0496 e. The molecule has 0 saturated heterocycles. The fraction of sp³-hybridized carbons (Fsp3) is 0.143. The molecule has 10 heavy (non-hydrogen) atoms. The van der Waals surface area contributed by atoms with Gasteiger partial charge < -0.3 is 0 Å². The number of halogens is 3. The number of rotatable bonds is 0. The van der Waals surface area contributed by atoms with Crippen LogP contribution in [0.4, 0.5) is 0 Å². The Labute approximate surface area is 85.4 Å². The Morgan fingerprint density at radius 3 is 1.80 bits per heavy atom. The molecule has 0 N–H and O–H groups in total. The van der Waals surface area contributed by atoms with Crippen LogP contribution >= 0.6 is 47.8 Å². The van der Waals surface area contributed by atoms with E-state index in [0.717, 1.165) is 13.4 Å². The summed E-state index contributed by atoms with van der Waals surface area (Å²) in [5.41, 5.74) is 1.24. The zero-order valence-corrected chi connectivity index (χ0v) is 10.0. The van der Waals surface area contributed by atoms with Crippen LogP contribution in [0.3, 0.4) is 0 Å². The van der Waals surface area contributed by atoms with Crippen LogP contribution in [-0.2, 0) is 0 Å². The smallest absolute Gasteiger partial charge is 0.0459 e. The van der Waals surface area contributed by atoms with Gasteiger partial charge in [0.05, 0.1) is 0 Å². The lowest BCUT2D eigenvalue weighted by molar-refractivity contribution is 1.40. The lowest BCUT2D eigenvalue weighted by Crippen LogP contribution is -1.75. The molecule has 0 aliphatic rings. The van der Waals surface area contributed by atoms with Crippen LogP contribution in [0.15, 0.2) is 25.6 Å². The second-order valence-corrected chi connectivity index (χ2v) is 4.54. The number of benzene rings is 1. The van der Waals surface area contributed by atoms with Gasteiger partial charge >= 0.3 is 0 Å². The van der Waals surface area contributed by atoms with Crippen molar-refractivity contribution in [2.45, 2.75) is 6.92 Å². The Hall–Kier alpha value is 0.660. The number of hydrogen-bond donors (Lipinski definition) is 0. The zero-order valence-electron chi connectivity index (χ0n) is 5.29. The highest BCUT2D eigenvalue weighted by atomic mass is 79.9. The van der Waals surface area contributed by atoms with Gasteiger partial charge in [-0.15, -0.1) is 0 Å². The first-order chi connectivity index (χ1) is 4.61. The highest BCUT2D eigenvalue weighted by Gasteiger charge is 2.00. The van der Waals surface area contributed by atoms with Crippen molar-refractivity contribution in [3.8, 4) is 0 Å². The SMILES string of the molecule is Cc1cc(Br)c(Br)c(Br)c1. The van der Waals surface area contributed by atoms with Gasteiger partial charge in [-0.3, -0.25) is 0 Å². The van der Waals surface area contributed by atoms with Gasteiger partial charge in [0.25, 0.3) is 0 Å². The third-order valence-electron chi connectivity index (χ3n) is 1.13. The molecular weight excluding hydrogens is 324 g/mol. The Bertz CT molecular complexity index is 232. The summed E-state index contributed by atoms with van der Waals surface area (Å²) in [5.74, 6) is 0. The van der Waals surface area contributed by atoms with Gasteiger partial charge in [0.15, 0.2) is 0 Å². The predicted octanol–water partition coefficient (Wildman–Crippen LogP) is 4.28. The van der Waals surface area contributed by atoms with Crippen LogP contribution in [0, 0.1) is 6.92 Å². The first-order valence-corrected chi connectivity index (χ1v) is 5.10. The highest BCUT2D eigenvalue weighted by Crippen LogP contribution is 2.31. The molecule has 0 radical (unpaired) electrons. The normalized spacial score (nSPS) is 10.0. The monoisotopic (exact) mass is 326 g/mol. The van der Waals surface area contributed by atoms with E-state index in [1.807, 2.05) is 0 Å². The molecule has 0 nitrogen and oxygen atoms in total. The maximum atomic E-state index is 3.42. The summed E-state index contributed by atoms with van der Waals surface area (Å²) >= 11 is 10.3. The molecule has 1 aromatic carbocycles. The molecule has 0 amide bonds. The molecule has 0 bridgehead atoms. The van der Waals surface area contributed by atoms with E-state index in [-0.39, 0.29) is 0 Å². The second kappa shape index (κ2) is 3.37. The van der Waals surface area contributed by atoms with Crippen LogP contribution in [0.25, 0.3) is 0 Å². The van der Waals surface area contributed by atoms with Crippen molar-refractivity contribution >= 4 is 47.8 Å². The minimum absolute atomic E-state index is 1.07. The van der Waals surface area contributed by atoms with Gasteiger partial charge in [-0.2, -0.15) is 0 Å². The predicted molar refractivity (Wildman–Crippen MR) is 54.3 cm³/mol. The molecule has 54 valence electrons. The molecule has 0 aliphatic heterocycles. The van der Waals surface area contributed by atoms with E-state index in [0.29, 0.717) is 0 Å². The first-order valence-electron chi connectivity index (χ1n) is 2.72. The fourth-order valence-electron chi connectivity index (χ4n) is 0.682. The third-order valence-corrected chi connectivity index (χ3v) is 4.30. The minimum atomic E-state index is 1.07. The van der Waals surface area contributed by atoms with E-state index in [4.69, 9.17) is 0 Å². The summed E-state index contributed by atoms with van der Waals surface area (Å²) in [4.78, 5) is 0. The standard InChI is InChI=1S/C7H5Br3/c1-4-2-5(8)7(10)6(9)3-4/h2-3H,1H3. The molecule has 0 saturated carbocycles. The van der Waals surface area contributed by atoms with Crippen molar-refractivity contribution in [1.29, 1.82) is 0 Å². The van der Waals surface area contributed by atoms with E-state index in [2.05, 4.69) is 66.8 Å². The summed E-state index contributed by atoms with van der Waals surface area (Å²) in [7, 11) is 0. The summed E-state index contributed by atoms with van der Waals surface area (Å²) in [6.45, 7) is 2.06. The Kier molecular flexibility index (Phi) is 2.95. The molecule has 1 rings (SSSR count). The van der Waals surface area contributed by atoms with Crippen LogP contribution in [-0.4, -0.2) is 0 Å². The largest absolute Gasteiger partial charge is 0.0496 e. The zero-order chi connectivity index (χ0) is 7.72. The second-order valence-electron chi connectivity index (χ2n) is 2.04. The molecule has 0 aliphatic carbocycles. The molecule has 0 unspecified atom stereocenters. The van der Waals surface area contributed by atoms with Crippen LogP contribution in [0.5, 0.6) is 0 Å². The van der Waals surface area contributed by atoms with Crippen molar-refractivity contribution < 1.29 is 0 Å². The van der Waals surface area contributed by atoms with Gasteiger partial charge in [0.1, 0.15) is 0 Å². The molecule has 0 atom stereocenters. The molecule has 0 heterocycles. The maximum Gasteiger partial charge on any atom is 0.0459 e. The Morgan fingerprint density at radius 1 is 1.00 bits per heavy atom. The van der Waals surface area contributed by atoms with E-state index >= 15 is 0 Å². The summed E-state index contributed by atoms with van der Waals surface area (Å²) in [6.07, 6.45) is 0. The lowest BCUT2D eigenvalue weighted by atomic mass is 10.2. The van der Waals surface area contributed by atoms with Gasteiger partial charge in [-0.05, 0) is 72.4 Å². The summed E-state index contributed by atoms with van der Waals surface area (Å²) in [5, 5.41) is 0. The molecular formula is C7H5Br3. The first kappa shape index (κ1) is 8.75. The molecule has 0 fully saturated rings. The molecule has 1 aromatic rings. The lowest BCUT2D eigenvalue weighted by Gasteiger charge is -2.00.